The van der Waals surface area contributed by atoms with Gasteiger partial charge in [0.25, 0.3) is 0 Å². The fraction of sp³-hybridized carbons (Fsp3) is 0.556. The van der Waals surface area contributed by atoms with Gasteiger partial charge in [-0.15, -0.1) is 0 Å². The van der Waals surface area contributed by atoms with Gasteiger partial charge in [-0.1, -0.05) is 42.5 Å². The van der Waals surface area contributed by atoms with Crippen LogP contribution in [0.4, 0.5) is 4.39 Å². The molecular weight excluding hydrogens is 373 g/mol. The summed E-state index contributed by atoms with van der Waals surface area (Å²) in [4.78, 5) is 0. The Labute approximate surface area is 182 Å². The normalized spacial score (nSPS) is 16.8. The minimum Gasteiger partial charge on any atom is -0.485 e. The minimum absolute atomic E-state index is 0.264. The first-order valence-electron chi connectivity index (χ1n) is 11.7. The lowest BCUT2D eigenvalue weighted by Crippen LogP contribution is -2.48. The molecule has 3 heteroatoms. The summed E-state index contributed by atoms with van der Waals surface area (Å²) in [5.74, 6) is 0.141. The summed E-state index contributed by atoms with van der Waals surface area (Å²) >= 11 is 0. The summed E-state index contributed by atoms with van der Waals surface area (Å²) in [5.41, 5.74) is 1.95. The van der Waals surface area contributed by atoms with E-state index in [1.54, 1.807) is 6.07 Å². The Hall–Kier alpha value is -1.87. The molecule has 1 saturated heterocycles. The molecule has 0 radical (unpaired) electrons. The Morgan fingerprint density at radius 1 is 0.900 bits per heavy atom. The van der Waals surface area contributed by atoms with Crippen LogP contribution in [0.1, 0.15) is 69.9 Å². The lowest BCUT2D eigenvalue weighted by Gasteiger charge is -2.38. The number of aryl methyl sites for hydroxylation is 1. The second kappa shape index (κ2) is 10.4. The van der Waals surface area contributed by atoms with E-state index in [0.29, 0.717) is 5.75 Å². The first kappa shape index (κ1) is 22.8. The lowest BCUT2D eigenvalue weighted by molar-refractivity contribution is -0.940. The third kappa shape index (κ3) is 6.57. The maximum Gasteiger partial charge on any atom is 0.165 e. The first-order valence-corrected chi connectivity index (χ1v) is 11.7. The number of rotatable bonds is 9. The molecule has 0 aliphatic carbocycles. The summed E-state index contributed by atoms with van der Waals surface area (Å²) in [6, 6.07) is 16.1. The molecule has 3 rings (SSSR count). The van der Waals surface area contributed by atoms with E-state index >= 15 is 0 Å². The van der Waals surface area contributed by atoms with E-state index in [2.05, 4.69) is 44.2 Å². The number of para-hydroxylation sites is 1. The number of quaternary nitrogens is 1. The Balaban J connectivity index is 1.56. The Morgan fingerprint density at radius 3 is 2.27 bits per heavy atom. The van der Waals surface area contributed by atoms with Crippen molar-refractivity contribution in [3.05, 3.63) is 65.5 Å². The van der Waals surface area contributed by atoms with E-state index in [9.17, 15) is 4.39 Å². The van der Waals surface area contributed by atoms with Gasteiger partial charge in [0, 0.05) is 5.56 Å². The molecule has 0 aromatic heterocycles. The van der Waals surface area contributed by atoms with Crippen molar-refractivity contribution >= 4 is 0 Å². The standard InChI is InChI=1S/C27H39FNO/c1-23-14-13-17-25(28)26(23)30-27(2,3)18-9-12-21-29(19-10-4-5-11-20-29)22-24-15-7-6-8-16-24/h6-8,13-17H,4-5,9-12,18-22H2,1-3H3/q+1. The molecule has 0 N–H and O–H groups in total. The van der Waals surface area contributed by atoms with E-state index < -0.39 is 0 Å². The molecule has 0 amide bonds. The van der Waals surface area contributed by atoms with Crippen LogP contribution in [0.15, 0.2) is 48.5 Å². The average molecular weight is 413 g/mol. The average Bonchev–Trinajstić information content (AvgIpc) is 2.95. The largest absolute Gasteiger partial charge is 0.485 e. The zero-order valence-electron chi connectivity index (χ0n) is 19.1. The smallest absolute Gasteiger partial charge is 0.165 e. The van der Waals surface area contributed by atoms with Gasteiger partial charge >= 0.3 is 0 Å². The molecule has 1 aliphatic heterocycles. The highest BCUT2D eigenvalue weighted by Gasteiger charge is 2.29. The van der Waals surface area contributed by atoms with Crippen LogP contribution in [0, 0.1) is 12.7 Å². The molecule has 0 saturated carbocycles. The number of unbranched alkanes of at least 4 members (excludes halogenated alkanes) is 1. The third-order valence-corrected chi connectivity index (χ3v) is 6.58. The molecule has 1 aliphatic rings. The van der Waals surface area contributed by atoms with Crippen LogP contribution in [-0.2, 0) is 6.54 Å². The van der Waals surface area contributed by atoms with Gasteiger partial charge in [-0.3, -0.25) is 0 Å². The number of hydrogen-bond acceptors (Lipinski definition) is 1. The highest BCUT2D eigenvalue weighted by atomic mass is 19.1. The Bertz CT molecular complexity index is 758. The molecule has 1 fully saturated rings. The lowest BCUT2D eigenvalue weighted by atomic mass is 10.00. The molecule has 0 bridgehead atoms. The fourth-order valence-corrected chi connectivity index (χ4v) is 4.86. The molecule has 30 heavy (non-hydrogen) atoms. The van der Waals surface area contributed by atoms with E-state index in [1.807, 2.05) is 13.0 Å². The van der Waals surface area contributed by atoms with Crippen LogP contribution in [0.25, 0.3) is 0 Å². The van der Waals surface area contributed by atoms with Gasteiger partial charge in [0.05, 0.1) is 19.6 Å². The van der Waals surface area contributed by atoms with E-state index in [0.717, 1.165) is 24.9 Å². The van der Waals surface area contributed by atoms with Gasteiger partial charge in [0.15, 0.2) is 11.6 Å². The summed E-state index contributed by atoms with van der Waals surface area (Å²) < 4.78 is 21.5. The van der Waals surface area contributed by atoms with Crippen LogP contribution in [-0.4, -0.2) is 29.7 Å². The Kier molecular flexibility index (Phi) is 7.93. The van der Waals surface area contributed by atoms with Gasteiger partial charge in [0.1, 0.15) is 12.1 Å². The summed E-state index contributed by atoms with van der Waals surface area (Å²) in [6.07, 6.45) is 8.66. The molecule has 164 valence electrons. The second-order valence-electron chi connectivity index (χ2n) is 9.78. The van der Waals surface area contributed by atoms with E-state index in [4.69, 9.17) is 4.74 Å². The zero-order chi connectivity index (χ0) is 21.5. The maximum absolute atomic E-state index is 14.2. The van der Waals surface area contributed by atoms with Gasteiger partial charge in [-0.05, 0) is 77.3 Å². The SMILES string of the molecule is Cc1cccc(F)c1OC(C)(C)CCCC[N+]1(Cc2ccccc2)CCCCCC1. The molecule has 2 aromatic rings. The molecular formula is C27H39FNO+. The third-order valence-electron chi connectivity index (χ3n) is 6.58. The highest BCUT2D eigenvalue weighted by molar-refractivity contribution is 5.34. The second-order valence-corrected chi connectivity index (χ2v) is 9.78. The van der Waals surface area contributed by atoms with Crippen molar-refractivity contribution in [3.8, 4) is 5.75 Å². The predicted octanol–water partition coefficient (Wildman–Crippen LogP) is 7.05. The molecule has 0 atom stereocenters. The topological polar surface area (TPSA) is 9.23 Å². The van der Waals surface area contributed by atoms with Crippen LogP contribution in [0.3, 0.4) is 0 Å². The molecule has 1 heterocycles. The molecule has 0 spiro atoms. The quantitative estimate of drug-likeness (QED) is 0.317. The van der Waals surface area contributed by atoms with Crippen molar-refractivity contribution in [3.63, 3.8) is 0 Å². The zero-order valence-corrected chi connectivity index (χ0v) is 19.1. The van der Waals surface area contributed by atoms with Gasteiger partial charge < -0.3 is 9.22 Å². The van der Waals surface area contributed by atoms with Crippen molar-refractivity contribution in [2.45, 2.75) is 77.9 Å². The van der Waals surface area contributed by atoms with E-state index in [-0.39, 0.29) is 11.4 Å². The molecule has 2 aromatic carbocycles. The fourth-order valence-electron chi connectivity index (χ4n) is 4.86. The predicted molar refractivity (Wildman–Crippen MR) is 123 cm³/mol. The van der Waals surface area contributed by atoms with Crippen LogP contribution < -0.4 is 4.74 Å². The van der Waals surface area contributed by atoms with Crippen LogP contribution in [0.5, 0.6) is 5.75 Å². The van der Waals surface area contributed by atoms with Crippen molar-refractivity contribution in [1.29, 1.82) is 0 Å². The number of likely N-dealkylation sites (tertiary alicyclic amines) is 1. The number of hydrogen-bond donors (Lipinski definition) is 0. The number of nitrogens with zero attached hydrogens (tertiary/aromatic N) is 1. The summed E-state index contributed by atoms with van der Waals surface area (Å²) in [5, 5.41) is 0. The van der Waals surface area contributed by atoms with Crippen molar-refractivity contribution in [1.82, 2.24) is 0 Å². The summed E-state index contributed by atoms with van der Waals surface area (Å²) in [7, 11) is 0. The van der Waals surface area contributed by atoms with Crippen LogP contribution in [0.2, 0.25) is 0 Å². The molecule has 2 nitrogen and oxygen atoms in total. The van der Waals surface area contributed by atoms with Crippen LogP contribution >= 0.6 is 0 Å². The van der Waals surface area contributed by atoms with E-state index in [1.165, 1.54) is 67.9 Å². The van der Waals surface area contributed by atoms with Crippen molar-refractivity contribution in [2.75, 3.05) is 19.6 Å². The van der Waals surface area contributed by atoms with Gasteiger partial charge in [0.2, 0.25) is 0 Å². The number of benzene rings is 2. The Morgan fingerprint density at radius 2 is 1.60 bits per heavy atom. The molecule has 0 unspecified atom stereocenters. The maximum atomic E-state index is 14.2. The van der Waals surface area contributed by atoms with Crippen molar-refractivity contribution < 1.29 is 13.6 Å². The minimum atomic E-state index is -0.365. The van der Waals surface area contributed by atoms with Gasteiger partial charge in [-0.25, -0.2) is 4.39 Å². The number of halogens is 1. The highest BCUT2D eigenvalue weighted by Crippen LogP contribution is 2.29. The van der Waals surface area contributed by atoms with Crippen molar-refractivity contribution in [2.24, 2.45) is 0 Å². The first-order chi connectivity index (χ1) is 14.4. The monoisotopic (exact) mass is 412 g/mol. The number of ether oxygens (including phenoxy) is 1. The van der Waals surface area contributed by atoms with Gasteiger partial charge in [-0.2, -0.15) is 0 Å². The summed E-state index contributed by atoms with van der Waals surface area (Å²) in [6.45, 7) is 11.0.